The largest absolute Gasteiger partial charge is 0.325 e. The van der Waals surface area contributed by atoms with Crippen LogP contribution >= 0.6 is 0 Å². The predicted octanol–water partition coefficient (Wildman–Crippen LogP) is 3.19. The van der Waals surface area contributed by atoms with Gasteiger partial charge in [-0.2, -0.15) is 0 Å². The van der Waals surface area contributed by atoms with Crippen LogP contribution in [-0.4, -0.2) is 16.4 Å². The lowest BCUT2D eigenvalue weighted by atomic mass is 10.2. The van der Waals surface area contributed by atoms with Crippen LogP contribution in [0.3, 0.4) is 0 Å². The van der Waals surface area contributed by atoms with Crippen LogP contribution in [-0.2, 0) is 11.3 Å². The van der Waals surface area contributed by atoms with E-state index in [2.05, 4.69) is 10.6 Å². The molecule has 0 aliphatic heterocycles. The molecule has 0 bridgehead atoms. The van der Waals surface area contributed by atoms with Gasteiger partial charge in [-0.25, -0.2) is 4.39 Å². The second-order valence-corrected chi connectivity index (χ2v) is 6.23. The molecule has 2 N–H and O–H groups in total. The number of hydrogen-bond acceptors (Lipinski definition) is 3. The molecule has 0 atom stereocenters. The van der Waals surface area contributed by atoms with Gasteiger partial charge in [0, 0.05) is 23.5 Å². The fraction of sp³-hybridized carbons (Fsp3) is 0.0952. The number of hydrogen-bond donors (Lipinski definition) is 2. The number of nitrogens with zero attached hydrogens (tertiary/aromatic N) is 1. The molecule has 0 spiro atoms. The quantitative estimate of drug-likeness (QED) is 0.715. The molecule has 28 heavy (non-hydrogen) atoms. The molecule has 0 fully saturated rings. The Kier molecular flexibility index (Phi) is 5.64. The maximum absolute atomic E-state index is 13.6. The summed E-state index contributed by atoms with van der Waals surface area (Å²) in [6.07, 6.45) is 1.61. The minimum atomic E-state index is -0.522. The molecule has 0 radical (unpaired) electrons. The zero-order valence-corrected chi connectivity index (χ0v) is 15.1. The zero-order chi connectivity index (χ0) is 20.1. The van der Waals surface area contributed by atoms with E-state index in [0.29, 0.717) is 11.3 Å². The summed E-state index contributed by atoms with van der Waals surface area (Å²) >= 11 is 0. The van der Waals surface area contributed by atoms with Crippen molar-refractivity contribution in [1.82, 2.24) is 4.57 Å². The number of carbonyl (C=O) groups excluding carboxylic acids is 2. The molecule has 0 saturated heterocycles. The second kappa shape index (κ2) is 8.30. The third-order valence-corrected chi connectivity index (χ3v) is 4.00. The van der Waals surface area contributed by atoms with Crippen LogP contribution in [0.1, 0.15) is 15.9 Å². The normalized spacial score (nSPS) is 10.4. The first-order valence-corrected chi connectivity index (χ1v) is 8.55. The summed E-state index contributed by atoms with van der Waals surface area (Å²) in [5.74, 6) is -1.35. The van der Waals surface area contributed by atoms with Crippen LogP contribution in [0.2, 0.25) is 0 Å². The van der Waals surface area contributed by atoms with E-state index in [9.17, 15) is 18.8 Å². The van der Waals surface area contributed by atoms with E-state index >= 15 is 0 Å². The summed E-state index contributed by atoms with van der Waals surface area (Å²) in [7, 11) is 0. The number of aryl methyl sites for hydroxylation is 1. The smallest absolute Gasteiger partial charge is 0.255 e. The third kappa shape index (κ3) is 4.70. The lowest BCUT2D eigenvalue weighted by Crippen LogP contribution is -2.26. The maximum atomic E-state index is 13.6. The lowest BCUT2D eigenvalue weighted by molar-refractivity contribution is -0.116. The van der Waals surface area contributed by atoms with Gasteiger partial charge in [0.05, 0.1) is 5.69 Å². The molecular formula is C21H18FN3O3. The summed E-state index contributed by atoms with van der Waals surface area (Å²) in [6, 6.07) is 15.1. The number of anilines is 2. The summed E-state index contributed by atoms with van der Waals surface area (Å²) in [6.45, 7) is 1.72. The monoisotopic (exact) mass is 379 g/mol. The van der Waals surface area contributed by atoms with E-state index in [4.69, 9.17) is 0 Å². The van der Waals surface area contributed by atoms with Crippen LogP contribution in [0.5, 0.6) is 0 Å². The standard InChI is InChI=1S/C21H18FN3O3/c1-14-6-11-20(27)25(12-14)13-19(26)23-16-9-7-15(8-10-16)21(28)24-18-5-3-2-4-17(18)22/h2-12H,13H2,1H3,(H,23,26)(H,24,28). The van der Waals surface area contributed by atoms with Gasteiger partial charge >= 0.3 is 0 Å². The van der Waals surface area contributed by atoms with Gasteiger partial charge in [0.2, 0.25) is 5.91 Å². The molecule has 7 heteroatoms. The van der Waals surface area contributed by atoms with Crippen LogP contribution in [0.25, 0.3) is 0 Å². The number of amides is 2. The highest BCUT2D eigenvalue weighted by molar-refractivity contribution is 6.04. The highest BCUT2D eigenvalue weighted by atomic mass is 19.1. The molecule has 1 heterocycles. The molecule has 0 saturated carbocycles. The highest BCUT2D eigenvalue weighted by Gasteiger charge is 2.10. The number of pyridine rings is 1. The van der Waals surface area contributed by atoms with Crippen molar-refractivity contribution < 1.29 is 14.0 Å². The summed E-state index contributed by atoms with van der Waals surface area (Å²) in [5, 5.41) is 5.16. The molecule has 3 rings (SSSR count). The second-order valence-electron chi connectivity index (χ2n) is 6.23. The van der Waals surface area contributed by atoms with Crippen molar-refractivity contribution >= 4 is 23.2 Å². The Morgan fingerprint density at radius 2 is 1.68 bits per heavy atom. The molecule has 1 aromatic heterocycles. The highest BCUT2D eigenvalue weighted by Crippen LogP contribution is 2.15. The van der Waals surface area contributed by atoms with Crippen molar-refractivity contribution in [1.29, 1.82) is 0 Å². The van der Waals surface area contributed by atoms with Gasteiger partial charge in [-0.1, -0.05) is 18.2 Å². The van der Waals surface area contributed by atoms with E-state index in [-0.39, 0.29) is 23.7 Å². The molecule has 3 aromatic rings. The number of halogens is 1. The maximum Gasteiger partial charge on any atom is 0.255 e. The van der Waals surface area contributed by atoms with Gasteiger partial charge in [-0.15, -0.1) is 0 Å². The van der Waals surface area contributed by atoms with Crippen molar-refractivity contribution in [2.45, 2.75) is 13.5 Å². The number of rotatable bonds is 5. The Morgan fingerprint density at radius 3 is 2.39 bits per heavy atom. The van der Waals surface area contributed by atoms with Gasteiger partial charge in [0.15, 0.2) is 0 Å². The van der Waals surface area contributed by atoms with Crippen LogP contribution in [0.4, 0.5) is 15.8 Å². The van der Waals surface area contributed by atoms with Gasteiger partial charge in [0.25, 0.3) is 11.5 Å². The first kappa shape index (κ1) is 19.0. The Bertz CT molecular complexity index is 1070. The van der Waals surface area contributed by atoms with E-state index in [1.54, 1.807) is 30.5 Å². The van der Waals surface area contributed by atoms with E-state index in [1.165, 1.54) is 41.0 Å². The first-order valence-electron chi connectivity index (χ1n) is 8.55. The molecule has 142 valence electrons. The van der Waals surface area contributed by atoms with Crippen molar-refractivity contribution in [2.75, 3.05) is 10.6 Å². The van der Waals surface area contributed by atoms with Crippen LogP contribution < -0.4 is 16.2 Å². The lowest BCUT2D eigenvalue weighted by Gasteiger charge is -2.09. The summed E-state index contributed by atoms with van der Waals surface area (Å²) in [5.41, 5.74) is 1.50. The van der Waals surface area contributed by atoms with E-state index in [0.717, 1.165) is 5.56 Å². The summed E-state index contributed by atoms with van der Waals surface area (Å²) < 4.78 is 14.9. The van der Waals surface area contributed by atoms with Crippen molar-refractivity contribution in [3.05, 3.63) is 94.2 Å². The average Bonchev–Trinajstić information content (AvgIpc) is 2.67. The topological polar surface area (TPSA) is 80.2 Å². The summed E-state index contributed by atoms with van der Waals surface area (Å²) in [4.78, 5) is 36.1. The van der Waals surface area contributed by atoms with Crippen molar-refractivity contribution in [2.24, 2.45) is 0 Å². The molecule has 2 aromatic carbocycles. The Morgan fingerprint density at radius 1 is 0.964 bits per heavy atom. The fourth-order valence-corrected chi connectivity index (χ4v) is 2.59. The number of para-hydroxylation sites is 1. The minimum absolute atomic E-state index is 0.0912. The fourth-order valence-electron chi connectivity index (χ4n) is 2.59. The number of benzene rings is 2. The molecule has 0 aliphatic carbocycles. The Hall–Kier alpha value is -3.74. The van der Waals surface area contributed by atoms with E-state index < -0.39 is 11.7 Å². The average molecular weight is 379 g/mol. The van der Waals surface area contributed by atoms with Gasteiger partial charge < -0.3 is 15.2 Å². The van der Waals surface area contributed by atoms with E-state index in [1.807, 2.05) is 6.92 Å². The minimum Gasteiger partial charge on any atom is -0.325 e. The number of aromatic nitrogens is 1. The SMILES string of the molecule is Cc1ccc(=O)n(CC(=O)Nc2ccc(C(=O)Nc3ccccc3F)cc2)c1. The molecule has 0 aliphatic rings. The molecular weight excluding hydrogens is 361 g/mol. The van der Waals surface area contributed by atoms with Gasteiger partial charge in [-0.05, 0) is 48.9 Å². The van der Waals surface area contributed by atoms with Crippen molar-refractivity contribution in [3.63, 3.8) is 0 Å². The molecule has 0 unspecified atom stereocenters. The molecule has 2 amide bonds. The number of carbonyl (C=O) groups is 2. The zero-order valence-electron chi connectivity index (χ0n) is 15.1. The van der Waals surface area contributed by atoms with Gasteiger partial charge in [-0.3, -0.25) is 14.4 Å². The first-order chi connectivity index (χ1) is 13.4. The van der Waals surface area contributed by atoms with Gasteiger partial charge in [0.1, 0.15) is 12.4 Å². The Balaban J connectivity index is 1.63. The number of nitrogens with one attached hydrogen (secondary N) is 2. The van der Waals surface area contributed by atoms with Crippen LogP contribution in [0.15, 0.2) is 71.7 Å². The third-order valence-electron chi connectivity index (χ3n) is 4.00. The van der Waals surface area contributed by atoms with Crippen LogP contribution in [0, 0.1) is 12.7 Å². The molecule has 6 nitrogen and oxygen atoms in total. The predicted molar refractivity (Wildman–Crippen MR) is 105 cm³/mol. The Labute approximate surface area is 160 Å². The van der Waals surface area contributed by atoms with Crippen molar-refractivity contribution in [3.8, 4) is 0 Å².